The minimum absolute atomic E-state index is 0.0313. The first kappa shape index (κ1) is 14.2. The summed E-state index contributed by atoms with van der Waals surface area (Å²) in [6.07, 6.45) is 6.41. The number of halogens is 1. The maximum atomic E-state index is 11.0. The van der Waals surface area contributed by atoms with Gasteiger partial charge in [0.15, 0.2) is 0 Å². The zero-order valence-electron chi connectivity index (χ0n) is 10.1. The summed E-state index contributed by atoms with van der Waals surface area (Å²) in [5, 5.41) is 13.9. The average molecular weight is 269 g/mol. The van der Waals surface area contributed by atoms with Gasteiger partial charge in [-0.15, -0.1) is 12.3 Å². The average Bonchev–Trinajstić information content (AvgIpc) is 2.26. The number of anilines is 1. The highest BCUT2D eigenvalue weighted by atomic mass is 35.5. The van der Waals surface area contributed by atoms with Crippen molar-refractivity contribution < 1.29 is 4.92 Å². The van der Waals surface area contributed by atoms with Crippen molar-refractivity contribution in [3.63, 3.8) is 0 Å². The summed E-state index contributed by atoms with van der Waals surface area (Å²) in [6.45, 7) is 3.44. The first-order chi connectivity index (χ1) is 8.49. The topological polar surface area (TPSA) is 81.0 Å². The molecule has 1 aromatic rings. The predicted molar refractivity (Wildman–Crippen MR) is 69.6 cm³/mol. The van der Waals surface area contributed by atoms with Crippen molar-refractivity contribution in [2.75, 3.05) is 5.32 Å². The molecule has 0 fully saturated rings. The zero-order valence-corrected chi connectivity index (χ0v) is 10.9. The Labute approximate surface area is 110 Å². The van der Waals surface area contributed by atoms with E-state index >= 15 is 0 Å². The molecule has 1 heterocycles. The highest BCUT2D eigenvalue weighted by Gasteiger charge is 2.23. The summed E-state index contributed by atoms with van der Waals surface area (Å²) in [6, 6.07) is -0.0842. The smallest absolute Gasteiger partial charge is 0.332 e. The zero-order chi connectivity index (χ0) is 13.7. The van der Waals surface area contributed by atoms with E-state index in [9.17, 15) is 10.1 Å². The second kappa shape index (κ2) is 6.17. The van der Waals surface area contributed by atoms with Crippen LogP contribution in [-0.2, 0) is 0 Å². The van der Waals surface area contributed by atoms with E-state index in [1.807, 2.05) is 6.92 Å². The Morgan fingerprint density at radius 3 is 2.78 bits per heavy atom. The third-order valence-corrected chi connectivity index (χ3v) is 2.58. The molecular weight excluding hydrogens is 256 g/mol. The maximum Gasteiger partial charge on any atom is 0.332 e. The van der Waals surface area contributed by atoms with Crippen molar-refractivity contribution in [3.05, 3.63) is 21.1 Å². The van der Waals surface area contributed by atoms with E-state index < -0.39 is 4.92 Å². The van der Waals surface area contributed by atoms with Crippen LogP contribution in [-0.4, -0.2) is 20.9 Å². The van der Waals surface area contributed by atoms with Crippen LogP contribution in [0.1, 0.15) is 25.5 Å². The molecule has 1 unspecified atom stereocenters. The molecule has 1 N–H and O–H groups in total. The minimum atomic E-state index is -0.531. The normalized spacial score (nSPS) is 11.7. The van der Waals surface area contributed by atoms with Crippen molar-refractivity contribution in [1.29, 1.82) is 0 Å². The number of nitro groups is 1. The fraction of sp³-hybridized carbons (Fsp3) is 0.455. The number of rotatable bonds is 5. The lowest BCUT2D eigenvalue weighted by Crippen LogP contribution is -2.20. The van der Waals surface area contributed by atoms with Crippen LogP contribution in [0.15, 0.2) is 0 Å². The number of nitrogens with one attached hydrogen (secondary N) is 1. The third kappa shape index (κ3) is 3.31. The lowest BCUT2D eigenvalue weighted by molar-refractivity contribution is -0.385. The molecule has 0 spiro atoms. The van der Waals surface area contributed by atoms with E-state index in [0.29, 0.717) is 6.42 Å². The molecule has 0 saturated carbocycles. The second-order valence-electron chi connectivity index (χ2n) is 3.69. The van der Waals surface area contributed by atoms with Gasteiger partial charge in [0.1, 0.15) is 5.69 Å². The van der Waals surface area contributed by atoms with Crippen molar-refractivity contribution in [2.45, 2.75) is 32.7 Å². The second-order valence-corrected chi connectivity index (χ2v) is 4.03. The van der Waals surface area contributed by atoms with Crippen molar-refractivity contribution in [3.8, 4) is 12.3 Å². The summed E-state index contributed by atoms with van der Waals surface area (Å²) in [5.74, 6) is 2.62. The van der Waals surface area contributed by atoms with Gasteiger partial charge in [0.25, 0.3) is 0 Å². The minimum Gasteiger partial charge on any atom is -0.361 e. The van der Waals surface area contributed by atoms with Gasteiger partial charge in [-0.1, -0.05) is 6.92 Å². The van der Waals surface area contributed by atoms with Gasteiger partial charge in [-0.3, -0.25) is 10.1 Å². The van der Waals surface area contributed by atoms with Gasteiger partial charge < -0.3 is 5.32 Å². The van der Waals surface area contributed by atoms with E-state index in [2.05, 4.69) is 21.2 Å². The van der Waals surface area contributed by atoms with E-state index in [4.69, 9.17) is 18.0 Å². The Morgan fingerprint density at radius 1 is 1.61 bits per heavy atom. The number of hydrogen-bond donors (Lipinski definition) is 1. The van der Waals surface area contributed by atoms with Crippen LogP contribution in [0, 0.1) is 29.4 Å². The molecule has 7 heteroatoms. The summed E-state index contributed by atoms with van der Waals surface area (Å²) in [4.78, 5) is 18.1. The van der Waals surface area contributed by atoms with Gasteiger partial charge in [-0.25, -0.2) is 4.98 Å². The molecule has 0 bridgehead atoms. The van der Waals surface area contributed by atoms with E-state index in [0.717, 1.165) is 6.42 Å². The summed E-state index contributed by atoms with van der Waals surface area (Å²) >= 11 is 5.71. The molecule has 0 radical (unpaired) electrons. The Bertz CT molecular complexity index is 499. The number of nitrogens with zero attached hydrogens (tertiary/aromatic N) is 3. The molecule has 96 valence electrons. The monoisotopic (exact) mass is 268 g/mol. The van der Waals surface area contributed by atoms with Crippen LogP contribution < -0.4 is 5.32 Å². The summed E-state index contributed by atoms with van der Waals surface area (Å²) in [5.41, 5.74) is 0.0490. The van der Waals surface area contributed by atoms with Crippen molar-refractivity contribution in [2.24, 2.45) is 0 Å². The fourth-order valence-corrected chi connectivity index (χ4v) is 1.70. The standard InChI is InChI=1S/C11H13ClN4O2/c1-4-6-8(5-2)14-10-9(16(17)18)7(3)13-11(12)15-10/h1,8H,5-6H2,2-3H3,(H,13,14,15). The van der Waals surface area contributed by atoms with Gasteiger partial charge >= 0.3 is 5.69 Å². The molecule has 0 aromatic carbocycles. The summed E-state index contributed by atoms with van der Waals surface area (Å²) in [7, 11) is 0. The highest BCUT2D eigenvalue weighted by molar-refractivity contribution is 6.28. The van der Waals surface area contributed by atoms with Gasteiger partial charge in [0, 0.05) is 12.5 Å². The number of hydrogen-bond acceptors (Lipinski definition) is 5. The highest BCUT2D eigenvalue weighted by Crippen LogP contribution is 2.27. The fourth-order valence-electron chi connectivity index (χ4n) is 1.49. The molecule has 1 atom stereocenters. The van der Waals surface area contributed by atoms with Crippen LogP contribution in [0.3, 0.4) is 0 Å². The van der Waals surface area contributed by atoms with Gasteiger partial charge in [0.2, 0.25) is 11.1 Å². The van der Waals surface area contributed by atoms with E-state index in [1.54, 1.807) is 0 Å². The molecule has 0 amide bonds. The van der Waals surface area contributed by atoms with E-state index in [1.165, 1.54) is 6.92 Å². The first-order valence-electron chi connectivity index (χ1n) is 5.38. The molecule has 0 aliphatic carbocycles. The Balaban J connectivity index is 3.14. The van der Waals surface area contributed by atoms with Gasteiger partial charge in [-0.2, -0.15) is 4.98 Å². The first-order valence-corrected chi connectivity index (χ1v) is 5.75. The predicted octanol–water partition coefficient (Wildman–Crippen LogP) is 2.56. The lowest BCUT2D eigenvalue weighted by Gasteiger charge is -2.15. The number of terminal acetylenes is 1. The molecule has 1 aromatic heterocycles. The molecular formula is C11H13ClN4O2. The van der Waals surface area contributed by atoms with Crippen molar-refractivity contribution in [1.82, 2.24) is 9.97 Å². The SMILES string of the molecule is C#CCC(CC)Nc1nc(Cl)nc(C)c1[N+](=O)[O-]. The van der Waals surface area contributed by atoms with Gasteiger partial charge in [-0.05, 0) is 24.9 Å². The Morgan fingerprint density at radius 2 is 2.28 bits per heavy atom. The van der Waals surface area contributed by atoms with Gasteiger partial charge in [0.05, 0.1) is 4.92 Å². The van der Waals surface area contributed by atoms with Crippen LogP contribution in [0.25, 0.3) is 0 Å². The summed E-state index contributed by atoms with van der Waals surface area (Å²) < 4.78 is 0. The maximum absolute atomic E-state index is 11.0. The molecule has 0 aliphatic heterocycles. The molecule has 0 aliphatic rings. The molecule has 18 heavy (non-hydrogen) atoms. The molecule has 0 saturated heterocycles. The van der Waals surface area contributed by atoms with Crippen LogP contribution >= 0.6 is 11.6 Å². The van der Waals surface area contributed by atoms with E-state index in [-0.39, 0.29) is 28.5 Å². The van der Waals surface area contributed by atoms with Crippen LogP contribution in [0.5, 0.6) is 0 Å². The largest absolute Gasteiger partial charge is 0.361 e. The third-order valence-electron chi connectivity index (χ3n) is 2.41. The van der Waals surface area contributed by atoms with Crippen molar-refractivity contribution >= 4 is 23.1 Å². The Hall–Kier alpha value is -1.87. The van der Waals surface area contributed by atoms with Crippen LogP contribution in [0.2, 0.25) is 5.28 Å². The van der Waals surface area contributed by atoms with Crippen LogP contribution in [0.4, 0.5) is 11.5 Å². The lowest BCUT2D eigenvalue weighted by atomic mass is 10.1. The quantitative estimate of drug-likeness (QED) is 0.384. The number of aryl methyl sites for hydroxylation is 1. The molecule has 6 nitrogen and oxygen atoms in total. The number of aromatic nitrogens is 2. The Kier molecular flexibility index (Phi) is 4.86. The molecule has 1 rings (SSSR count).